The summed E-state index contributed by atoms with van der Waals surface area (Å²) in [5.41, 5.74) is 0.841. The Bertz CT molecular complexity index is 432. The first kappa shape index (κ1) is 20.1. The fourth-order valence-electron chi connectivity index (χ4n) is 2.95. The molecule has 0 saturated heterocycles. The Morgan fingerprint density at radius 3 is 2.35 bits per heavy atom. The molecule has 1 rings (SSSR count). The zero-order valence-electron chi connectivity index (χ0n) is 14.7. The van der Waals surface area contributed by atoms with Crippen molar-refractivity contribution in [3.63, 3.8) is 0 Å². The van der Waals surface area contributed by atoms with Gasteiger partial charge in [0.2, 0.25) is 0 Å². The van der Waals surface area contributed by atoms with Gasteiger partial charge in [0.25, 0.3) is 5.97 Å². The van der Waals surface area contributed by atoms with Crippen LogP contribution in [0.15, 0.2) is 24.3 Å². The van der Waals surface area contributed by atoms with Crippen molar-refractivity contribution >= 4 is 0 Å². The Labute approximate surface area is 139 Å². The zero-order valence-corrected chi connectivity index (χ0v) is 14.7. The summed E-state index contributed by atoms with van der Waals surface area (Å²) >= 11 is 0. The number of rotatable bonds is 12. The molecule has 1 aromatic carbocycles. The Kier molecular flexibility index (Phi) is 9.37. The standard InChI is InChI=1S/C19H31FO3/c1-4-5-6-7-8-9-12-17(19(21,22-2)23-3)14-16-11-10-13-18(20)15-16/h10-11,13,15,17,21H,4-9,12,14H2,1-3H3. The third kappa shape index (κ3) is 6.98. The highest BCUT2D eigenvalue weighted by Crippen LogP contribution is 2.29. The lowest BCUT2D eigenvalue weighted by molar-refractivity contribution is -0.368. The van der Waals surface area contributed by atoms with Gasteiger partial charge in [-0.3, -0.25) is 0 Å². The van der Waals surface area contributed by atoms with Crippen LogP contribution in [0.25, 0.3) is 0 Å². The average Bonchev–Trinajstić information content (AvgIpc) is 2.56. The van der Waals surface area contributed by atoms with E-state index >= 15 is 0 Å². The highest BCUT2D eigenvalue weighted by molar-refractivity contribution is 5.17. The second-order valence-corrected chi connectivity index (χ2v) is 6.13. The number of aliphatic hydroxyl groups is 1. The van der Waals surface area contributed by atoms with Crippen molar-refractivity contribution in [3.05, 3.63) is 35.6 Å². The summed E-state index contributed by atoms with van der Waals surface area (Å²) in [6, 6.07) is 6.47. The summed E-state index contributed by atoms with van der Waals surface area (Å²) < 4.78 is 23.8. The molecular weight excluding hydrogens is 295 g/mol. The molecule has 4 heteroatoms. The number of ether oxygens (including phenoxy) is 2. The van der Waals surface area contributed by atoms with E-state index in [2.05, 4.69) is 6.92 Å². The van der Waals surface area contributed by atoms with Crippen LogP contribution in [0.5, 0.6) is 0 Å². The Morgan fingerprint density at radius 2 is 1.74 bits per heavy atom. The molecule has 1 unspecified atom stereocenters. The second kappa shape index (κ2) is 10.7. The van der Waals surface area contributed by atoms with E-state index in [4.69, 9.17) is 9.47 Å². The lowest BCUT2D eigenvalue weighted by Gasteiger charge is -2.33. The third-order valence-electron chi connectivity index (χ3n) is 4.38. The van der Waals surface area contributed by atoms with Crippen LogP contribution in [-0.2, 0) is 15.9 Å². The molecule has 23 heavy (non-hydrogen) atoms. The first-order valence-corrected chi connectivity index (χ1v) is 8.62. The highest BCUT2D eigenvalue weighted by Gasteiger charge is 2.37. The molecule has 0 aliphatic heterocycles. The van der Waals surface area contributed by atoms with E-state index in [-0.39, 0.29) is 11.7 Å². The lowest BCUT2D eigenvalue weighted by atomic mass is 9.91. The minimum Gasteiger partial charge on any atom is -0.343 e. The van der Waals surface area contributed by atoms with Gasteiger partial charge < -0.3 is 14.6 Å². The van der Waals surface area contributed by atoms with Gasteiger partial charge in [0, 0.05) is 20.1 Å². The van der Waals surface area contributed by atoms with Crippen LogP contribution in [0.2, 0.25) is 0 Å². The van der Waals surface area contributed by atoms with E-state index in [1.807, 2.05) is 6.07 Å². The van der Waals surface area contributed by atoms with Gasteiger partial charge in [0.1, 0.15) is 5.82 Å². The lowest BCUT2D eigenvalue weighted by Crippen LogP contribution is -2.43. The molecule has 0 aliphatic rings. The largest absolute Gasteiger partial charge is 0.343 e. The SMILES string of the molecule is CCCCCCCCC(Cc1cccc(F)c1)C(O)(OC)OC. The van der Waals surface area contributed by atoms with E-state index < -0.39 is 5.97 Å². The molecule has 0 saturated carbocycles. The maximum absolute atomic E-state index is 13.4. The number of halogens is 1. The summed E-state index contributed by atoms with van der Waals surface area (Å²) in [5, 5.41) is 10.5. The number of hydrogen-bond acceptors (Lipinski definition) is 3. The van der Waals surface area contributed by atoms with E-state index in [9.17, 15) is 9.50 Å². The molecule has 0 amide bonds. The summed E-state index contributed by atoms with van der Waals surface area (Å²) in [7, 11) is 2.87. The first-order valence-electron chi connectivity index (χ1n) is 8.62. The molecule has 1 aromatic rings. The smallest absolute Gasteiger partial charge is 0.283 e. The van der Waals surface area contributed by atoms with E-state index in [1.54, 1.807) is 6.07 Å². The van der Waals surface area contributed by atoms with Crippen molar-refractivity contribution in [1.82, 2.24) is 0 Å². The van der Waals surface area contributed by atoms with Gasteiger partial charge >= 0.3 is 0 Å². The quantitative estimate of drug-likeness (QED) is 0.448. The Hall–Kier alpha value is -0.970. The summed E-state index contributed by atoms with van der Waals surface area (Å²) in [6.07, 6.45) is 8.39. The minimum atomic E-state index is -1.63. The summed E-state index contributed by atoms with van der Waals surface area (Å²) in [5.74, 6) is -2.12. The van der Waals surface area contributed by atoms with Crippen molar-refractivity contribution in [2.24, 2.45) is 5.92 Å². The topological polar surface area (TPSA) is 38.7 Å². The van der Waals surface area contributed by atoms with Crippen LogP contribution < -0.4 is 0 Å². The van der Waals surface area contributed by atoms with Crippen molar-refractivity contribution in [2.75, 3.05) is 14.2 Å². The molecule has 0 fully saturated rings. The minimum absolute atomic E-state index is 0.231. The van der Waals surface area contributed by atoms with Gasteiger partial charge in [0.05, 0.1) is 0 Å². The van der Waals surface area contributed by atoms with Gasteiger partial charge in [-0.1, -0.05) is 57.6 Å². The fraction of sp³-hybridized carbons (Fsp3) is 0.684. The number of hydrogen-bond donors (Lipinski definition) is 1. The van der Waals surface area contributed by atoms with Gasteiger partial charge in [-0.25, -0.2) is 4.39 Å². The molecule has 132 valence electrons. The molecule has 0 radical (unpaired) electrons. The van der Waals surface area contributed by atoms with E-state index in [0.29, 0.717) is 6.42 Å². The normalized spacial score (nSPS) is 13.3. The van der Waals surface area contributed by atoms with Crippen molar-refractivity contribution < 1.29 is 19.0 Å². The van der Waals surface area contributed by atoms with Gasteiger partial charge in [-0.05, 0) is 30.5 Å². The van der Waals surface area contributed by atoms with Crippen LogP contribution in [-0.4, -0.2) is 25.3 Å². The molecule has 0 aromatic heterocycles. The summed E-state index contributed by atoms with van der Waals surface area (Å²) in [4.78, 5) is 0. The van der Waals surface area contributed by atoms with Crippen molar-refractivity contribution in [2.45, 2.75) is 64.3 Å². The molecule has 0 spiro atoms. The molecule has 0 heterocycles. The average molecular weight is 326 g/mol. The van der Waals surface area contributed by atoms with Crippen LogP contribution in [0.4, 0.5) is 4.39 Å². The van der Waals surface area contributed by atoms with Crippen molar-refractivity contribution in [1.29, 1.82) is 0 Å². The van der Waals surface area contributed by atoms with Gasteiger partial charge in [-0.2, -0.15) is 0 Å². The maximum atomic E-state index is 13.4. The van der Waals surface area contributed by atoms with Crippen LogP contribution in [0.3, 0.4) is 0 Å². The predicted octanol–water partition coefficient (Wildman–Crippen LogP) is 4.67. The van der Waals surface area contributed by atoms with Gasteiger partial charge in [-0.15, -0.1) is 0 Å². The first-order chi connectivity index (χ1) is 11.1. The number of unbranched alkanes of at least 4 members (excludes halogenated alkanes) is 5. The third-order valence-corrected chi connectivity index (χ3v) is 4.38. The van der Waals surface area contributed by atoms with Crippen LogP contribution in [0, 0.1) is 11.7 Å². The Balaban J connectivity index is 2.62. The van der Waals surface area contributed by atoms with Crippen LogP contribution in [0.1, 0.15) is 57.4 Å². The zero-order chi connectivity index (χ0) is 17.1. The summed E-state index contributed by atoms with van der Waals surface area (Å²) in [6.45, 7) is 2.20. The highest BCUT2D eigenvalue weighted by atomic mass is 19.1. The molecule has 1 N–H and O–H groups in total. The molecule has 1 atom stereocenters. The molecule has 3 nitrogen and oxygen atoms in total. The predicted molar refractivity (Wildman–Crippen MR) is 90.6 cm³/mol. The second-order valence-electron chi connectivity index (χ2n) is 6.13. The van der Waals surface area contributed by atoms with Gasteiger partial charge in [0.15, 0.2) is 0 Å². The fourth-order valence-corrected chi connectivity index (χ4v) is 2.95. The number of benzene rings is 1. The Morgan fingerprint density at radius 1 is 1.09 bits per heavy atom. The molecular formula is C19H31FO3. The van der Waals surface area contributed by atoms with E-state index in [1.165, 1.54) is 52.0 Å². The van der Waals surface area contributed by atoms with E-state index in [0.717, 1.165) is 24.8 Å². The number of methoxy groups -OCH3 is 2. The maximum Gasteiger partial charge on any atom is 0.283 e. The van der Waals surface area contributed by atoms with Crippen molar-refractivity contribution in [3.8, 4) is 0 Å². The van der Waals surface area contributed by atoms with Crippen LogP contribution >= 0.6 is 0 Å². The monoisotopic (exact) mass is 326 g/mol. The molecule has 0 aliphatic carbocycles. The molecule has 0 bridgehead atoms.